The molecule has 12 nitrogen and oxygen atoms in total. The van der Waals surface area contributed by atoms with Crippen LogP contribution in [0.3, 0.4) is 0 Å². The van der Waals surface area contributed by atoms with Gasteiger partial charge in [0.2, 0.25) is 5.56 Å². The van der Waals surface area contributed by atoms with E-state index in [4.69, 9.17) is 0 Å². The smallest absolute Gasteiger partial charge is 0.412 e. The van der Waals surface area contributed by atoms with Crippen LogP contribution in [-0.4, -0.2) is 73.1 Å². The maximum absolute atomic E-state index is 13.1. The molecule has 2 bridgehead atoms. The third kappa shape index (κ3) is 7.03. The van der Waals surface area contributed by atoms with Gasteiger partial charge in [0.25, 0.3) is 0 Å². The summed E-state index contributed by atoms with van der Waals surface area (Å²) in [6.45, 7) is 3.97. The maximum Gasteiger partial charge on any atom is 0.412 e. The van der Waals surface area contributed by atoms with Crippen molar-refractivity contribution in [2.24, 2.45) is 5.92 Å². The highest BCUT2D eigenvalue weighted by Crippen LogP contribution is 2.39. The molecular formula is C42H44N6O6. The molecule has 4 aromatic carbocycles. The van der Waals surface area contributed by atoms with Gasteiger partial charge in [-0.25, -0.2) is 9.59 Å². The van der Waals surface area contributed by atoms with Crippen LogP contribution < -0.4 is 21.5 Å². The fraction of sp³-hybridized carbons (Fsp3) is 0.310. The van der Waals surface area contributed by atoms with E-state index in [1.165, 1.54) is 12.1 Å². The first kappa shape index (κ1) is 35.3. The summed E-state index contributed by atoms with van der Waals surface area (Å²) in [5, 5.41) is 35.6. The molecule has 1 amide bonds. The Morgan fingerprint density at radius 3 is 2.48 bits per heavy atom. The first-order valence-corrected chi connectivity index (χ1v) is 18.6. The van der Waals surface area contributed by atoms with E-state index in [2.05, 4.69) is 26.3 Å². The predicted octanol–water partition coefficient (Wildman–Crippen LogP) is 5.58. The molecule has 2 atom stereocenters. The number of amides is 1. The van der Waals surface area contributed by atoms with Gasteiger partial charge >= 0.3 is 11.8 Å². The van der Waals surface area contributed by atoms with Crippen LogP contribution >= 0.6 is 0 Å². The van der Waals surface area contributed by atoms with E-state index >= 15 is 0 Å². The first-order chi connectivity index (χ1) is 26.2. The lowest BCUT2D eigenvalue weighted by atomic mass is 9.82. The van der Waals surface area contributed by atoms with Crippen LogP contribution in [0.25, 0.3) is 33.1 Å². The third-order valence-electron chi connectivity index (χ3n) is 11.2. The number of piperidine rings is 3. The number of aliphatic hydroxyl groups is 1. The van der Waals surface area contributed by atoms with Crippen molar-refractivity contribution in [2.75, 3.05) is 31.1 Å². The molecule has 9 rings (SSSR count). The lowest BCUT2D eigenvalue weighted by molar-refractivity contribution is 0.0837. The van der Waals surface area contributed by atoms with E-state index in [0.29, 0.717) is 42.8 Å². The topological polar surface area (TPSA) is 167 Å². The molecule has 6 N–H and O–H groups in total. The number of pyridine rings is 1. The van der Waals surface area contributed by atoms with Gasteiger partial charge in [0.15, 0.2) is 0 Å². The summed E-state index contributed by atoms with van der Waals surface area (Å²) in [5.41, 5.74) is 6.41. The summed E-state index contributed by atoms with van der Waals surface area (Å²) in [7, 11) is 0. The molecule has 0 spiro atoms. The van der Waals surface area contributed by atoms with Crippen molar-refractivity contribution in [3.05, 3.63) is 129 Å². The standard InChI is InChI=1S/C42H44N6O6/c49-37-14-11-31(32-12-15-39(51)45-40(32)37)38(50)24-43-23-27-9-13-34-33(21-27)44-41(52)47(34)18-4-5-26-8-10-30(28-6-2-1-3-7-28)35(22-26)48(42(53)54)36-25-46-19-16-29(36)17-20-46/h1-3,6-15,21-22,29,36,38,43,49-50H,4-5,16-20,23-25H2,(H,44,52)(H,45,51)(H,53,54)/t36-,38+/m0/s1. The molecule has 0 saturated carbocycles. The molecule has 5 heterocycles. The SMILES string of the molecule is O=C(O)N(c1cc(CCCn2c(=O)[nH]c3cc(CNC[C@@H](O)c4ccc(O)c5[nH]c(=O)ccc45)ccc32)ccc1-c1ccccc1)[C@H]1CN2CCC1CC2. The van der Waals surface area contributed by atoms with Gasteiger partial charge in [-0.1, -0.05) is 54.6 Å². The summed E-state index contributed by atoms with van der Waals surface area (Å²) in [6.07, 6.45) is 1.57. The van der Waals surface area contributed by atoms with Crippen LogP contribution in [0.15, 0.2) is 101 Å². The van der Waals surface area contributed by atoms with Crippen molar-refractivity contribution in [2.45, 2.75) is 50.9 Å². The Balaban J connectivity index is 0.949. The lowest BCUT2D eigenvalue weighted by Gasteiger charge is -2.48. The molecule has 3 saturated heterocycles. The number of hydrogen-bond acceptors (Lipinski definition) is 7. The number of H-pyrrole nitrogens is 2. The van der Waals surface area contributed by atoms with Gasteiger partial charge in [0.1, 0.15) is 5.75 Å². The summed E-state index contributed by atoms with van der Waals surface area (Å²) in [4.78, 5) is 47.4. The van der Waals surface area contributed by atoms with Gasteiger partial charge in [-0.2, -0.15) is 0 Å². The van der Waals surface area contributed by atoms with E-state index < -0.39 is 12.2 Å². The van der Waals surface area contributed by atoms with Crippen molar-refractivity contribution < 1.29 is 20.1 Å². The second kappa shape index (κ2) is 15.0. The number of nitrogens with zero attached hydrogens (tertiary/aromatic N) is 3. The van der Waals surface area contributed by atoms with Gasteiger partial charge in [-0.05, 0) is 97.3 Å². The number of rotatable bonds is 12. The van der Waals surface area contributed by atoms with Crippen molar-refractivity contribution in [1.29, 1.82) is 0 Å². The number of nitrogens with one attached hydrogen (secondary N) is 3. The third-order valence-corrected chi connectivity index (χ3v) is 11.2. The molecule has 0 radical (unpaired) electrons. The zero-order chi connectivity index (χ0) is 37.3. The molecule has 3 fully saturated rings. The monoisotopic (exact) mass is 728 g/mol. The Bertz CT molecular complexity index is 2430. The molecule has 278 valence electrons. The largest absolute Gasteiger partial charge is 0.506 e. The number of anilines is 1. The van der Waals surface area contributed by atoms with Gasteiger partial charge in [0.05, 0.1) is 34.4 Å². The number of benzene rings is 4. The van der Waals surface area contributed by atoms with E-state index in [9.17, 15) is 29.7 Å². The van der Waals surface area contributed by atoms with E-state index in [0.717, 1.165) is 71.5 Å². The average molecular weight is 729 g/mol. The number of aromatic nitrogens is 3. The number of carboxylic acid groups (broad SMARTS) is 1. The van der Waals surface area contributed by atoms with Crippen LogP contribution in [0.4, 0.5) is 10.5 Å². The zero-order valence-electron chi connectivity index (χ0n) is 29.9. The quantitative estimate of drug-likeness (QED) is 0.0951. The van der Waals surface area contributed by atoms with Crippen molar-refractivity contribution in [1.82, 2.24) is 24.8 Å². The number of fused-ring (bicyclic) bond motifs is 5. The van der Waals surface area contributed by atoms with Gasteiger partial charge < -0.3 is 35.5 Å². The van der Waals surface area contributed by atoms with Gasteiger partial charge in [-0.15, -0.1) is 0 Å². The number of aliphatic hydroxyl groups excluding tert-OH is 1. The molecular weight excluding hydrogens is 684 g/mol. The Morgan fingerprint density at radius 2 is 1.72 bits per heavy atom. The van der Waals surface area contributed by atoms with Crippen LogP contribution in [0.5, 0.6) is 5.75 Å². The summed E-state index contributed by atoms with van der Waals surface area (Å²) < 4.78 is 1.74. The molecule has 3 aliphatic rings. The van der Waals surface area contributed by atoms with E-state index in [1.54, 1.807) is 21.6 Å². The van der Waals surface area contributed by atoms with Gasteiger partial charge in [-0.3, -0.25) is 14.3 Å². The van der Waals surface area contributed by atoms with E-state index in [1.807, 2.05) is 60.7 Å². The lowest BCUT2D eigenvalue weighted by Crippen LogP contribution is -2.59. The highest BCUT2D eigenvalue weighted by Gasteiger charge is 2.41. The summed E-state index contributed by atoms with van der Waals surface area (Å²) in [6, 6.07) is 27.9. The van der Waals surface area contributed by atoms with Crippen LogP contribution in [0, 0.1) is 5.92 Å². The Labute approximate surface area is 311 Å². The second-order valence-corrected chi connectivity index (χ2v) is 14.5. The van der Waals surface area contributed by atoms with Crippen LogP contribution in [-0.2, 0) is 19.5 Å². The second-order valence-electron chi connectivity index (χ2n) is 14.5. The Morgan fingerprint density at radius 1 is 0.926 bits per heavy atom. The van der Waals surface area contributed by atoms with Crippen LogP contribution in [0.1, 0.15) is 42.1 Å². The van der Waals surface area contributed by atoms with Crippen molar-refractivity contribution in [3.63, 3.8) is 0 Å². The number of carbonyl (C=O) groups is 1. The Kier molecular flexibility index (Phi) is 9.80. The predicted molar refractivity (Wildman–Crippen MR) is 209 cm³/mol. The molecule has 54 heavy (non-hydrogen) atoms. The zero-order valence-corrected chi connectivity index (χ0v) is 29.9. The first-order valence-electron chi connectivity index (χ1n) is 18.6. The van der Waals surface area contributed by atoms with Gasteiger partial charge in [0, 0.05) is 43.2 Å². The number of aromatic amines is 2. The molecule has 12 heteroatoms. The summed E-state index contributed by atoms with van der Waals surface area (Å²) >= 11 is 0. The minimum absolute atomic E-state index is 0.0607. The number of imidazole rings is 1. The normalized spacial score (nSPS) is 18.6. The number of phenolic OH excluding ortho intramolecular Hbond substituents is 1. The molecule has 3 aliphatic heterocycles. The summed E-state index contributed by atoms with van der Waals surface area (Å²) in [5.74, 6) is 0.282. The van der Waals surface area contributed by atoms with Crippen molar-refractivity contribution in [3.8, 4) is 16.9 Å². The molecule has 6 aromatic rings. The molecule has 0 aliphatic carbocycles. The number of phenols is 1. The number of aromatic hydroxyl groups is 1. The van der Waals surface area contributed by atoms with E-state index in [-0.39, 0.29) is 35.1 Å². The highest BCUT2D eigenvalue weighted by molar-refractivity contribution is 5.94. The maximum atomic E-state index is 13.1. The van der Waals surface area contributed by atoms with Crippen molar-refractivity contribution >= 4 is 33.7 Å². The van der Waals surface area contributed by atoms with Crippen LogP contribution in [0.2, 0.25) is 0 Å². The molecule has 0 unspecified atom stereocenters. The minimum Gasteiger partial charge on any atom is -0.506 e. The highest BCUT2D eigenvalue weighted by atomic mass is 16.4. The average Bonchev–Trinajstić information content (AvgIpc) is 3.49. The molecule has 2 aromatic heterocycles. The minimum atomic E-state index is -0.927. The number of hydrogen-bond donors (Lipinski definition) is 6. The fourth-order valence-corrected chi connectivity index (χ4v) is 8.44. The fourth-order valence-electron chi connectivity index (χ4n) is 8.44. The Hall–Kier alpha value is -5.69. The number of aryl methyl sites for hydroxylation is 2.